The number of amides is 1. The smallest absolute Gasteiger partial charge is 0.258 e. The van der Waals surface area contributed by atoms with Crippen molar-refractivity contribution >= 4 is 55.8 Å². The van der Waals surface area contributed by atoms with Crippen LogP contribution in [-0.2, 0) is 11.2 Å². The molecule has 0 unspecified atom stereocenters. The van der Waals surface area contributed by atoms with Crippen LogP contribution in [0.4, 0.5) is 5.69 Å². The van der Waals surface area contributed by atoms with Gasteiger partial charge >= 0.3 is 0 Å². The second-order valence-corrected chi connectivity index (χ2v) is 8.03. The standard InChI is InChI=1S/C19H16N4O2S2/c1-26-19-22-14-7-6-11(10-15(14)27-19)20-17(24)9-8-16-21-13-5-3-2-4-12(13)18(25)23-16/h2-7,10H,8-9H2,1H3,(H,20,24)(H,21,23,25). The van der Waals surface area contributed by atoms with Gasteiger partial charge in [-0.1, -0.05) is 23.9 Å². The number of anilines is 1. The van der Waals surface area contributed by atoms with E-state index >= 15 is 0 Å². The van der Waals surface area contributed by atoms with E-state index in [0.29, 0.717) is 23.1 Å². The molecule has 2 aromatic carbocycles. The van der Waals surface area contributed by atoms with Crippen LogP contribution in [0.3, 0.4) is 0 Å². The highest BCUT2D eigenvalue weighted by Gasteiger charge is 2.09. The van der Waals surface area contributed by atoms with Crippen molar-refractivity contribution in [1.29, 1.82) is 0 Å². The molecule has 2 aromatic heterocycles. The van der Waals surface area contributed by atoms with Crippen molar-refractivity contribution in [3.63, 3.8) is 0 Å². The first-order chi connectivity index (χ1) is 13.1. The van der Waals surface area contributed by atoms with Crippen LogP contribution < -0.4 is 10.9 Å². The van der Waals surface area contributed by atoms with Crippen molar-refractivity contribution in [3.05, 3.63) is 58.6 Å². The zero-order valence-electron chi connectivity index (χ0n) is 14.5. The fraction of sp³-hybridized carbons (Fsp3) is 0.158. The third-order valence-corrected chi connectivity index (χ3v) is 6.08. The van der Waals surface area contributed by atoms with Crippen LogP contribution in [0.5, 0.6) is 0 Å². The van der Waals surface area contributed by atoms with Gasteiger partial charge in [0.25, 0.3) is 5.56 Å². The number of hydrogen-bond acceptors (Lipinski definition) is 6. The van der Waals surface area contributed by atoms with Crippen LogP contribution in [0.25, 0.3) is 21.1 Å². The Morgan fingerprint density at radius 2 is 2.04 bits per heavy atom. The Hall–Kier alpha value is -2.71. The van der Waals surface area contributed by atoms with Gasteiger partial charge in [-0.2, -0.15) is 0 Å². The Kier molecular flexibility index (Phi) is 4.91. The molecule has 0 atom stereocenters. The number of rotatable bonds is 5. The average molecular weight is 396 g/mol. The Balaban J connectivity index is 1.44. The zero-order chi connectivity index (χ0) is 18.8. The summed E-state index contributed by atoms with van der Waals surface area (Å²) in [4.78, 5) is 36.0. The van der Waals surface area contributed by atoms with Crippen LogP contribution in [-0.4, -0.2) is 27.1 Å². The Morgan fingerprint density at radius 3 is 2.89 bits per heavy atom. The third-order valence-electron chi connectivity index (χ3n) is 4.08. The van der Waals surface area contributed by atoms with Crippen LogP contribution in [0.2, 0.25) is 0 Å². The van der Waals surface area contributed by atoms with Crippen LogP contribution in [0.1, 0.15) is 12.2 Å². The number of aromatic nitrogens is 3. The largest absolute Gasteiger partial charge is 0.326 e. The van der Waals surface area contributed by atoms with Gasteiger partial charge in [0.05, 0.1) is 21.1 Å². The normalized spacial score (nSPS) is 11.1. The zero-order valence-corrected chi connectivity index (χ0v) is 16.1. The molecule has 0 radical (unpaired) electrons. The van der Waals surface area contributed by atoms with Crippen molar-refractivity contribution in [2.45, 2.75) is 17.2 Å². The first-order valence-electron chi connectivity index (χ1n) is 8.35. The lowest BCUT2D eigenvalue weighted by Gasteiger charge is -2.06. The molecule has 0 bridgehead atoms. The Bertz CT molecular complexity index is 1200. The third kappa shape index (κ3) is 3.86. The molecule has 0 spiro atoms. The lowest BCUT2D eigenvalue weighted by Crippen LogP contribution is -2.16. The summed E-state index contributed by atoms with van der Waals surface area (Å²) in [6, 6.07) is 12.8. The number of carbonyl (C=O) groups excluding carboxylic acids is 1. The molecule has 2 heterocycles. The molecule has 0 aliphatic rings. The van der Waals surface area contributed by atoms with Gasteiger partial charge in [0.1, 0.15) is 5.82 Å². The SMILES string of the molecule is CSc1nc2ccc(NC(=O)CCc3nc4ccccc4c(=O)[nH]3)cc2s1. The summed E-state index contributed by atoms with van der Waals surface area (Å²) in [5, 5.41) is 3.45. The number of thioether (sulfide) groups is 1. The number of carbonyl (C=O) groups is 1. The first kappa shape index (κ1) is 17.7. The quantitative estimate of drug-likeness (QED) is 0.501. The van der Waals surface area contributed by atoms with E-state index in [1.54, 1.807) is 41.3 Å². The Labute approximate surface area is 163 Å². The van der Waals surface area contributed by atoms with E-state index in [4.69, 9.17) is 0 Å². The fourth-order valence-electron chi connectivity index (χ4n) is 2.78. The molecular weight excluding hydrogens is 380 g/mol. The number of fused-ring (bicyclic) bond motifs is 2. The van der Waals surface area contributed by atoms with Gasteiger partial charge in [-0.15, -0.1) is 11.3 Å². The molecule has 0 saturated heterocycles. The number of benzene rings is 2. The molecule has 8 heteroatoms. The lowest BCUT2D eigenvalue weighted by atomic mass is 10.2. The summed E-state index contributed by atoms with van der Waals surface area (Å²) in [5.74, 6) is 0.385. The van der Waals surface area contributed by atoms with E-state index in [-0.39, 0.29) is 17.9 Å². The van der Waals surface area contributed by atoms with Crippen molar-refractivity contribution in [2.24, 2.45) is 0 Å². The summed E-state index contributed by atoms with van der Waals surface area (Å²) in [5.41, 5.74) is 2.12. The van der Waals surface area contributed by atoms with E-state index in [1.165, 1.54) is 0 Å². The van der Waals surface area contributed by atoms with Gasteiger partial charge in [-0.3, -0.25) is 9.59 Å². The minimum atomic E-state index is -0.184. The molecular formula is C19H16N4O2S2. The topological polar surface area (TPSA) is 87.7 Å². The molecule has 6 nitrogen and oxygen atoms in total. The maximum absolute atomic E-state index is 12.3. The number of thiazole rings is 1. The molecule has 0 aliphatic carbocycles. The summed E-state index contributed by atoms with van der Waals surface area (Å²) in [6.07, 6.45) is 2.59. The highest BCUT2D eigenvalue weighted by molar-refractivity contribution is 8.00. The second-order valence-electron chi connectivity index (χ2n) is 5.94. The monoisotopic (exact) mass is 396 g/mol. The average Bonchev–Trinajstić information content (AvgIpc) is 3.09. The van der Waals surface area contributed by atoms with E-state index in [0.717, 1.165) is 20.2 Å². The fourth-order valence-corrected chi connectivity index (χ4v) is 4.31. The van der Waals surface area contributed by atoms with Gasteiger partial charge in [0.15, 0.2) is 4.34 Å². The van der Waals surface area contributed by atoms with Gasteiger partial charge in [-0.05, 0) is 36.6 Å². The molecule has 0 aliphatic heterocycles. The number of nitrogens with one attached hydrogen (secondary N) is 2. The van der Waals surface area contributed by atoms with Crippen LogP contribution in [0.15, 0.2) is 51.6 Å². The molecule has 27 heavy (non-hydrogen) atoms. The number of hydrogen-bond donors (Lipinski definition) is 2. The van der Waals surface area contributed by atoms with Crippen molar-refractivity contribution < 1.29 is 4.79 Å². The van der Waals surface area contributed by atoms with Crippen molar-refractivity contribution in [2.75, 3.05) is 11.6 Å². The predicted molar refractivity (Wildman–Crippen MR) is 111 cm³/mol. The van der Waals surface area contributed by atoms with E-state index in [1.807, 2.05) is 30.5 Å². The van der Waals surface area contributed by atoms with Gasteiger partial charge in [0.2, 0.25) is 5.91 Å². The van der Waals surface area contributed by atoms with Crippen LogP contribution >= 0.6 is 23.1 Å². The predicted octanol–water partition coefficient (Wildman–Crippen LogP) is 3.83. The molecule has 0 saturated carbocycles. The number of aromatic amines is 1. The number of nitrogens with zero attached hydrogens (tertiary/aromatic N) is 2. The number of H-pyrrole nitrogens is 1. The summed E-state index contributed by atoms with van der Waals surface area (Å²) < 4.78 is 2.04. The first-order valence-corrected chi connectivity index (χ1v) is 10.4. The van der Waals surface area contributed by atoms with Crippen LogP contribution in [0, 0.1) is 0 Å². The summed E-state index contributed by atoms with van der Waals surface area (Å²) >= 11 is 3.21. The Morgan fingerprint density at radius 1 is 1.19 bits per heavy atom. The number of para-hydroxylation sites is 1. The minimum Gasteiger partial charge on any atom is -0.326 e. The van der Waals surface area contributed by atoms with Crippen molar-refractivity contribution in [1.82, 2.24) is 15.0 Å². The van der Waals surface area contributed by atoms with Crippen molar-refractivity contribution in [3.8, 4) is 0 Å². The molecule has 4 rings (SSSR count). The second kappa shape index (κ2) is 7.50. The van der Waals surface area contributed by atoms with E-state index < -0.39 is 0 Å². The lowest BCUT2D eigenvalue weighted by molar-refractivity contribution is -0.116. The summed E-state index contributed by atoms with van der Waals surface area (Å²) in [7, 11) is 0. The maximum Gasteiger partial charge on any atom is 0.258 e. The highest BCUT2D eigenvalue weighted by Crippen LogP contribution is 2.30. The molecule has 4 aromatic rings. The molecule has 0 fully saturated rings. The van der Waals surface area contributed by atoms with E-state index in [9.17, 15) is 9.59 Å². The maximum atomic E-state index is 12.3. The van der Waals surface area contributed by atoms with Gasteiger partial charge < -0.3 is 10.3 Å². The molecule has 2 N–H and O–H groups in total. The van der Waals surface area contributed by atoms with Gasteiger partial charge in [0, 0.05) is 18.5 Å². The minimum absolute atomic E-state index is 0.125. The van der Waals surface area contributed by atoms with E-state index in [2.05, 4.69) is 20.3 Å². The highest BCUT2D eigenvalue weighted by atomic mass is 32.2. The van der Waals surface area contributed by atoms with Gasteiger partial charge in [-0.25, -0.2) is 9.97 Å². The molecule has 136 valence electrons. The number of aryl methyl sites for hydroxylation is 1. The summed E-state index contributed by atoms with van der Waals surface area (Å²) in [6.45, 7) is 0. The molecule has 1 amide bonds.